The highest BCUT2D eigenvalue weighted by Gasteiger charge is 2.25. The van der Waals surface area contributed by atoms with Gasteiger partial charge in [-0.2, -0.15) is 0 Å². The molecular weight excluding hydrogens is 358 g/mol. The van der Waals surface area contributed by atoms with E-state index >= 15 is 0 Å². The van der Waals surface area contributed by atoms with Crippen LogP contribution in [0.15, 0.2) is 60.1 Å². The van der Waals surface area contributed by atoms with Gasteiger partial charge in [-0.25, -0.2) is 4.99 Å². The van der Waals surface area contributed by atoms with Crippen molar-refractivity contribution < 1.29 is 9.59 Å². The normalized spacial score (nSPS) is 14.3. The number of aliphatic imine (C=N–C) groups is 1. The van der Waals surface area contributed by atoms with E-state index in [9.17, 15) is 9.59 Å². The van der Waals surface area contributed by atoms with E-state index in [-0.39, 0.29) is 16.9 Å². The van der Waals surface area contributed by atoms with Gasteiger partial charge < -0.3 is 10.2 Å². The molecule has 2 aromatic carbocycles. The molecule has 1 aliphatic rings. The second-order valence-electron chi connectivity index (χ2n) is 6.30. The highest BCUT2D eigenvalue weighted by molar-refractivity contribution is 8.14. The van der Waals surface area contributed by atoms with Gasteiger partial charge >= 0.3 is 0 Å². The summed E-state index contributed by atoms with van der Waals surface area (Å²) in [5.74, 6) is -0.133. The van der Waals surface area contributed by atoms with Crippen LogP contribution in [0.5, 0.6) is 0 Å². The number of ketones is 1. The van der Waals surface area contributed by atoms with E-state index in [4.69, 9.17) is 0 Å². The van der Waals surface area contributed by atoms with Gasteiger partial charge in [0.25, 0.3) is 0 Å². The first-order chi connectivity index (χ1) is 12.9. The zero-order valence-electron chi connectivity index (χ0n) is 15.5. The highest BCUT2D eigenvalue weighted by atomic mass is 32.2. The first-order valence-electron chi connectivity index (χ1n) is 8.56. The second kappa shape index (κ2) is 7.80. The molecule has 0 aliphatic carbocycles. The van der Waals surface area contributed by atoms with Gasteiger partial charge in [0.15, 0.2) is 11.0 Å². The number of Topliss-reactive ketones (excluding diaryl/α,β-unsaturated/α-hetero) is 1. The van der Waals surface area contributed by atoms with E-state index in [0.717, 1.165) is 22.1 Å². The molecule has 0 radical (unpaired) electrons. The fourth-order valence-corrected chi connectivity index (χ4v) is 3.54. The van der Waals surface area contributed by atoms with Crippen LogP contribution in [0.4, 0.5) is 11.4 Å². The van der Waals surface area contributed by atoms with Gasteiger partial charge in [-0.05, 0) is 44.2 Å². The third-order valence-electron chi connectivity index (χ3n) is 4.33. The summed E-state index contributed by atoms with van der Waals surface area (Å²) in [6.07, 6.45) is 0. The number of amidine groups is 1. The molecule has 5 nitrogen and oxygen atoms in total. The van der Waals surface area contributed by atoms with E-state index in [2.05, 4.69) is 16.9 Å². The van der Waals surface area contributed by atoms with Crippen molar-refractivity contribution in [2.24, 2.45) is 4.99 Å². The van der Waals surface area contributed by atoms with Crippen LogP contribution in [0.1, 0.15) is 29.8 Å². The average molecular weight is 379 g/mol. The number of rotatable bonds is 4. The summed E-state index contributed by atoms with van der Waals surface area (Å²) in [4.78, 5) is 30.4. The molecule has 27 heavy (non-hydrogen) atoms. The van der Waals surface area contributed by atoms with Crippen LogP contribution < -0.4 is 5.32 Å². The van der Waals surface area contributed by atoms with Gasteiger partial charge in [-0.15, -0.1) is 0 Å². The Morgan fingerprint density at radius 2 is 1.81 bits per heavy atom. The smallest absolute Gasteiger partial charge is 0.237 e. The molecule has 6 heteroatoms. The molecule has 0 fully saturated rings. The molecule has 1 atom stereocenters. The quantitative estimate of drug-likeness (QED) is 0.792. The number of nitrogens with one attached hydrogen (secondary N) is 1. The summed E-state index contributed by atoms with van der Waals surface area (Å²) in [6.45, 7) is 7.48. The molecule has 0 saturated carbocycles. The number of hydrogen-bond donors (Lipinski definition) is 1. The highest BCUT2D eigenvalue weighted by Crippen LogP contribution is 2.35. The van der Waals surface area contributed by atoms with Gasteiger partial charge in [-0.1, -0.05) is 36.5 Å². The maximum absolute atomic E-state index is 12.5. The molecule has 1 aliphatic heterocycles. The number of carbonyl (C=O) groups excluding carboxylic acids is 2. The van der Waals surface area contributed by atoms with E-state index in [1.54, 1.807) is 24.3 Å². The Hall–Kier alpha value is -2.86. The van der Waals surface area contributed by atoms with E-state index in [0.29, 0.717) is 11.3 Å². The monoisotopic (exact) mass is 379 g/mol. The number of thioether (sulfide) groups is 1. The van der Waals surface area contributed by atoms with E-state index in [1.165, 1.54) is 18.7 Å². The Morgan fingerprint density at radius 1 is 1.15 bits per heavy atom. The molecule has 1 N–H and O–H groups in total. The molecule has 0 saturated heterocycles. The zero-order valence-corrected chi connectivity index (χ0v) is 16.3. The van der Waals surface area contributed by atoms with Crippen molar-refractivity contribution in [2.45, 2.75) is 19.1 Å². The number of para-hydroxylation sites is 1. The Kier molecular flexibility index (Phi) is 5.46. The predicted molar refractivity (Wildman–Crippen MR) is 112 cm³/mol. The van der Waals surface area contributed by atoms with Gasteiger partial charge in [0, 0.05) is 29.6 Å². The fourth-order valence-electron chi connectivity index (χ4n) is 2.64. The molecular formula is C21H21N3O2S. The van der Waals surface area contributed by atoms with Crippen molar-refractivity contribution >= 4 is 45.7 Å². The SMILES string of the molecule is C=C1c2ccccc2N=C(SC(C)C(=O)Nc2ccc(C(C)=O)cc2)N1C. The largest absolute Gasteiger partial charge is 0.325 e. The van der Waals surface area contributed by atoms with Gasteiger partial charge in [0.2, 0.25) is 5.91 Å². The lowest BCUT2D eigenvalue weighted by atomic mass is 10.1. The van der Waals surface area contributed by atoms with Crippen molar-refractivity contribution in [3.05, 3.63) is 66.2 Å². The van der Waals surface area contributed by atoms with Crippen molar-refractivity contribution in [1.29, 1.82) is 0 Å². The first-order valence-corrected chi connectivity index (χ1v) is 9.44. The number of amides is 1. The summed E-state index contributed by atoms with van der Waals surface area (Å²) in [6, 6.07) is 14.7. The van der Waals surface area contributed by atoms with Crippen molar-refractivity contribution in [2.75, 3.05) is 12.4 Å². The Labute approximate surface area is 163 Å². The lowest BCUT2D eigenvalue weighted by Gasteiger charge is -2.29. The summed E-state index contributed by atoms with van der Waals surface area (Å²) < 4.78 is 0. The Balaban J connectivity index is 1.70. The van der Waals surface area contributed by atoms with Crippen molar-refractivity contribution in [3.8, 4) is 0 Å². The molecule has 138 valence electrons. The topological polar surface area (TPSA) is 61.8 Å². The maximum Gasteiger partial charge on any atom is 0.237 e. The Morgan fingerprint density at radius 3 is 2.48 bits per heavy atom. The molecule has 0 aromatic heterocycles. The van der Waals surface area contributed by atoms with Crippen LogP contribution in [0, 0.1) is 0 Å². The molecule has 1 unspecified atom stereocenters. The minimum absolute atomic E-state index is 0.00402. The third-order valence-corrected chi connectivity index (χ3v) is 5.48. The Bertz CT molecular complexity index is 935. The number of hydrogen-bond acceptors (Lipinski definition) is 5. The number of fused-ring (bicyclic) bond motifs is 1. The number of nitrogens with zero attached hydrogens (tertiary/aromatic N) is 2. The predicted octanol–water partition coefficient (Wildman–Crippen LogP) is 4.55. The minimum atomic E-state index is -0.350. The lowest BCUT2D eigenvalue weighted by molar-refractivity contribution is -0.115. The molecule has 1 heterocycles. The molecule has 2 aromatic rings. The van der Waals surface area contributed by atoms with Crippen LogP contribution in [-0.2, 0) is 4.79 Å². The van der Waals surface area contributed by atoms with Gasteiger partial charge in [-0.3, -0.25) is 9.59 Å². The molecule has 1 amide bonds. The molecule has 0 spiro atoms. The van der Waals surface area contributed by atoms with Crippen LogP contribution in [0.3, 0.4) is 0 Å². The lowest BCUT2D eigenvalue weighted by Crippen LogP contribution is -2.30. The zero-order chi connectivity index (χ0) is 19.6. The average Bonchev–Trinajstić information content (AvgIpc) is 2.66. The molecule has 0 bridgehead atoms. The van der Waals surface area contributed by atoms with Crippen LogP contribution >= 0.6 is 11.8 Å². The first kappa shape index (κ1) is 18.9. The van der Waals surface area contributed by atoms with E-state index in [1.807, 2.05) is 43.1 Å². The summed E-state index contributed by atoms with van der Waals surface area (Å²) >= 11 is 1.38. The van der Waals surface area contributed by atoms with Crippen molar-refractivity contribution in [3.63, 3.8) is 0 Å². The number of anilines is 1. The van der Waals surface area contributed by atoms with Gasteiger partial charge in [0.1, 0.15) is 0 Å². The summed E-state index contributed by atoms with van der Waals surface area (Å²) in [7, 11) is 1.90. The fraction of sp³-hybridized carbons (Fsp3) is 0.190. The standard InChI is InChI=1S/C21H21N3O2S/c1-13-18-7-5-6-8-19(18)23-21(24(13)4)27-15(3)20(26)22-17-11-9-16(10-12-17)14(2)25/h5-12,15H,1H2,2-4H3,(H,22,26). The summed E-state index contributed by atoms with van der Waals surface area (Å²) in [5, 5.41) is 3.26. The minimum Gasteiger partial charge on any atom is -0.325 e. The number of carbonyl (C=O) groups is 2. The summed E-state index contributed by atoms with van der Waals surface area (Å²) in [5.41, 5.74) is 3.98. The van der Waals surface area contributed by atoms with Crippen LogP contribution in [0.25, 0.3) is 5.70 Å². The molecule has 3 rings (SSSR count). The maximum atomic E-state index is 12.5. The third kappa shape index (κ3) is 4.11. The number of benzene rings is 2. The van der Waals surface area contributed by atoms with Crippen LogP contribution in [-0.4, -0.2) is 34.1 Å². The second-order valence-corrected chi connectivity index (χ2v) is 7.61. The van der Waals surface area contributed by atoms with E-state index < -0.39 is 0 Å². The van der Waals surface area contributed by atoms with Crippen molar-refractivity contribution in [1.82, 2.24) is 4.90 Å². The van der Waals surface area contributed by atoms with Gasteiger partial charge in [0.05, 0.1) is 10.9 Å². The van der Waals surface area contributed by atoms with Crippen LogP contribution in [0.2, 0.25) is 0 Å².